The summed E-state index contributed by atoms with van der Waals surface area (Å²) in [6.45, 7) is 3.76. The highest BCUT2D eigenvalue weighted by molar-refractivity contribution is 6.22. The van der Waals surface area contributed by atoms with Gasteiger partial charge in [-0.3, -0.25) is 5.41 Å². The molecule has 3 aromatic rings. The second-order valence-electron chi connectivity index (χ2n) is 6.35. The largest absolute Gasteiger partial charge is 0.508 e. The highest BCUT2D eigenvalue weighted by atomic mass is 16.3. The van der Waals surface area contributed by atoms with Gasteiger partial charge in [0.25, 0.3) is 0 Å². The third-order valence-electron chi connectivity index (χ3n) is 4.26. The van der Waals surface area contributed by atoms with E-state index < -0.39 is 6.03 Å². The van der Waals surface area contributed by atoms with E-state index in [0.717, 1.165) is 15.8 Å². The molecule has 1 heterocycles. The summed E-state index contributed by atoms with van der Waals surface area (Å²) < 4.78 is 0. The van der Waals surface area contributed by atoms with Crippen LogP contribution in [0.15, 0.2) is 42.6 Å². The number of carbonyl (C=O) groups is 1. The van der Waals surface area contributed by atoms with Crippen molar-refractivity contribution < 1.29 is 15.0 Å². The van der Waals surface area contributed by atoms with Crippen molar-refractivity contribution in [3.63, 3.8) is 0 Å². The molecule has 0 aliphatic carbocycles. The summed E-state index contributed by atoms with van der Waals surface area (Å²) in [6.07, 6.45) is 1.77. The zero-order valence-electron chi connectivity index (χ0n) is 14.4. The number of rotatable bonds is 3. The molecular weight excluding hydrogens is 332 g/mol. The molecule has 0 bridgehead atoms. The second-order valence-corrected chi connectivity index (χ2v) is 6.35. The van der Waals surface area contributed by atoms with Gasteiger partial charge in [0.05, 0.1) is 11.3 Å². The molecule has 3 rings (SSSR count). The number of primary amides is 1. The van der Waals surface area contributed by atoms with Gasteiger partial charge in [0.1, 0.15) is 17.3 Å². The number of aromatic nitrogens is 1. The summed E-state index contributed by atoms with van der Waals surface area (Å²) in [5.74, 6) is -0.661. The first kappa shape index (κ1) is 17.3. The fourth-order valence-electron chi connectivity index (χ4n) is 2.91. The number of phenols is 2. The van der Waals surface area contributed by atoms with Gasteiger partial charge < -0.3 is 20.9 Å². The van der Waals surface area contributed by atoms with Crippen molar-refractivity contribution in [2.24, 2.45) is 5.73 Å². The Bertz CT molecular complexity index is 1010. The Morgan fingerprint density at radius 2 is 1.88 bits per heavy atom. The van der Waals surface area contributed by atoms with Gasteiger partial charge in [-0.15, -0.1) is 0 Å². The lowest BCUT2D eigenvalue weighted by molar-refractivity contribution is 0.256. The molecule has 6 N–H and O–H groups in total. The van der Waals surface area contributed by atoms with Crippen LogP contribution in [0, 0.1) is 5.41 Å². The van der Waals surface area contributed by atoms with Crippen molar-refractivity contribution in [1.82, 2.24) is 4.98 Å². The van der Waals surface area contributed by atoms with E-state index in [9.17, 15) is 15.0 Å². The van der Waals surface area contributed by atoms with Gasteiger partial charge in [-0.25, -0.2) is 9.69 Å². The number of fused-ring (bicyclic) bond motifs is 1. The van der Waals surface area contributed by atoms with Crippen LogP contribution in [0.4, 0.5) is 10.5 Å². The van der Waals surface area contributed by atoms with Crippen molar-refractivity contribution >= 4 is 28.5 Å². The maximum atomic E-state index is 12.1. The fraction of sp³-hybridized carbons (Fsp3) is 0.158. The topological polar surface area (TPSA) is 126 Å². The molecule has 26 heavy (non-hydrogen) atoms. The van der Waals surface area contributed by atoms with Gasteiger partial charge in [0.2, 0.25) is 0 Å². The predicted molar refractivity (Wildman–Crippen MR) is 101 cm³/mol. The standard InChI is InChI=1S/C19H20N4O3/c1-10(2)13-8-14(17(25)9-16(13)24)18(20)23(19(21)26)12-3-4-15-11(7-12)5-6-22-15/h3-10,20,22,24-25H,1-2H3,(H2,21,26). The monoisotopic (exact) mass is 352 g/mol. The summed E-state index contributed by atoms with van der Waals surface area (Å²) >= 11 is 0. The number of hydrogen-bond acceptors (Lipinski definition) is 4. The molecule has 0 fully saturated rings. The fourth-order valence-corrected chi connectivity index (χ4v) is 2.91. The first-order valence-electron chi connectivity index (χ1n) is 8.11. The first-order valence-corrected chi connectivity index (χ1v) is 8.11. The maximum absolute atomic E-state index is 12.1. The van der Waals surface area contributed by atoms with Gasteiger partial charge in [0, 0.05) is 23.2 Å². The van der Waals surface area contributed by atoms with E-state index >= 15 is 0 Å². The molecular formula is C19H20N4O3. The van der Waals surface area contributed by atoms with E-state index in [-0.39, 0.29) is 28.8 Å². The SMILES string of the molecule is CC(C)c1cc(C(=N)N(C(N)=O)c2ccc3[nH]ccc3c2)c(O)cc1O. The van der Waals surface area contributed by atoms with E-state index in [0.29, 0.717) is 11.3 Å². The zero-order valence-corrected chi connectivity index (χ0v) is 14.4. The molecule has 0 unspecified atom stereocenters. The molecule has 0 radical (unpaired) electrons. The van der Waals surface area contributed by atoms with Crippen molar-refractivity contribution in [2.75, 3.05) is 4.90 Å². The minimum absolute atomic E-state index is 0.0274. The highest BCUT2D eigenvalue weighted by Crippen LogP contribution is 2.33. The summed E-state index contributed by atoms with van der Waals surface area (Å²) in [7, 11) is 0. The minimum Gasteiger partial charge on any atom is -0.508 e. The number of anilines is 1. The molecule has 2 amide bonds. The van der Waals surface area contributed by atoms with Gasteiger partial charge in [-0.05, 0) is 41.8 Å². The van der Waals surface area contributed by atoms with E-state index in [1.54, 1.807) is 24.4 Å². The molecule has 1 aromatic heterocycles. The Hall–Kier alpha value is -3.48. The number of aromatic amines is 1. The maximum Gasteiger partial charge on any atom is 0.325 e. The van der Waals surface area contributed by atoms with Crippen LogP contribution in [-0.4, -0.2) is 27.1 Å². The Morgan fingerprint density at radius 3 is 2.54 bits per heavy atom. The number of phenolic OH excluding ortho intramolecular Hbond substituents is 2. The van der Waals surface area contributed by atoms with Crippen LogP contribution in [0.1, 0.15) is 30.9 Å². The molecule has 0 aliphatic heterocycles. The number of carbonyl (C=O) groups excluding carboxylic acids is 1. The van der Waals surface area contributed by atoms with Crippen molar-refractivity contribution in [3.8, 4) is 11.5 Å². The molecule has 0 saturated carbocycles. The van der Waals surface area contributed by atoms with Crippen LogP contribution in [0.5, 0.6) is 11.5 Å². The quantitative estimate of drug-likeness (QED) is 0.365. The average molecular weight is 352 g/mol. The summed E-state index contributed by atoms with van der Waals surface area (Å²) in [4.78, 5) is 16.1. The molecule has 2 aromatic carbocycles. The third kappa shape index (κ3) is 2.95. The van der Waals surface area contributed by atoms with Gasteiger partial charge in [0.15, 0.2) is 0 Å². The molecule has 0 atom stereocenters. The number of amides is 2. The van der Waals surface area contributed by atoms with Crippen molar-refractivity contribution in [1.29, 1.82) is 5.41 Å². The lowest BCUT2D eigenvalue weighted by atomic mass is 9.98. The lowest BCUT2D eigenvalue weighted by Crippen LogP contribution is -2.41. The van der Waals surface area contributed by atoms with Crippen LogP contribution >= 0.6 is 0 Å². The Balaban J connectivity index is 2.10. The van der Waals surface area contributed by atoms with Gasteiger partial charge in [-0.2, -0.15) is 0 Å². The van der Waals surface area contributed by atoms with Crippen LogP contribution in [-0.2, 0) is 0 Å². The minimum atomic E-state index is -0.844. The number of urea groups is 1. The molecule has 7 heteroatoms. The third-order valence-corrected chi connectivity index (χ3v) is 4.26. The van der Waals surface area contributed by atoms with Gasteiger partial charge in [-0.1, -0.05) is 13.8 Å². The predicted octanol–water partition coefficient (Wildman–Crippen LogP) is 3.61. The smallest absolute Gasteiger partial charge is 0.325 e. The van der Waals surface area contributed by atoms with Crippen LogP contribution < -0.4 is 10.6 Å². The number of H-pyrrole nitrogens is 1. The number of benzene rings is 2. The molecule has 0 saturated heterocycles. The highest BCUT2D eigenvalue weighted by Gasteiger charge is 2.24. The van der Waals surface area contributed by atoms with E-state index in [1.807, 2.05) is 19.9 Å². The molecule has 7 nitrogen and oxygen atoms in total. The van der Waals surface area contributed by atoms with E-state index in [4.69, 9.17) is 11.1 Å². The molecule has 134 valence electrons. The van der Waals surface area contributed by atoms with Gasteiger partial charge >= 0.3 is 6.03 Å². The Kier molecular flexibility index (Phi) is 4.29. The average Bonchev–Trinajstić information content (AvgIpc) is 3.02. The Labute approximate surface area is 150 Å². The van der Waals surface area contributed by atoms with E-state index in [1.165, 1.54) is 12.1 Å². The molecule has 0 aliphatic rings. The summed E-state index contributed by atoms with van der Waals surface area (Å²) in [5.41, 5.74) is 7.48. The number of aromatic hydroxyl groups is 2. The van der Waals surface area contributed by atoms with E-state index in [2.05, 4.69) is 4.98 Å². The number of nitrogens with two attached hydrogens (primary N) is 1. The Morgan fingerprint density at radius 1 is 1.15 bits per heavy atom. The van der Waals surface area contributed by atoms with Crippen LogP contribution in [0.3, 0.4) is 0 Å². The normalized spacial score (nSPS) is 11.0. The number of hydrogen-bond donors (Lipinski definition) is 5. The van der Waals surface area contributed by atoms with Crippen molar-refractivity contribution in [2.45, 2.75) is 19.8 Å². The van der Waals surface area contributed by atoms with Crippen LogP contribution in [0.2, 0.25) is 0 Å². The zero-order chi connectivity index (χ0) is 19.0. The molecule has 0 spiro atoms. The number of amidine groups is 1. The second kappa shape index (κ2) is 6.44. The number of nitrogens with one attached hydrogen (secondary N) is 2. The lowest BCUT2D eigenvalue weighted by Gasteiger charge is -2.23. The van der Waals surface area contributed by atoms with Crippen LogP contribution in [0.25, 0.3) is 10.9 Å². The van der Waals surface area contributed by atoms with Crippen molar-refractivity contribution in [3.05, 3.63) is 53.7 Å². The summed E-state index contributed by atoms with van der Waals surface area (Å²) in [5, 5.41) is 29.5. The number of nitrogens with zero attached hydrogens (tertiary/aromatic N) is 1. The summed E-state index contributed by atoms with van der Waals surface area (Å²) in [6, 6.07) is 8.85. The first-order chi connectivity index (χ1) is 12.3.